The van der Waals surface area contributed by atoms with Gasteiger partial charge in [0.2, 0.25) is 0 Å². The third-order valence-corrected chi connectivity index (χ3v) is 7.36. The summed E-state index contributed by atoms with van der Waals surface area (Å²) in [6.45, 7) is 1.19. The van der Waals surface area contributed by atoms with Crippen LogP contribution in [0.3, 0.4) is 0 Å². The predicted molar refractivity (Wildman–Crippen MR) is 142 cm³/mol. The largest absolute Gasteiger partial charge is 0.338 e. The first kappa shape index (κ1) is 21.8. The zero-order valence-corrected chi connectivity index (χ0v) is 20.5. The highest BCUT2D eigenvalue weighted by Crippen LogP contribution is 2.30. The van der Waals surface area contributed by atoms with Crippen LogP contribution in [-0.2, 0) is 0 Å². The van der Waals surface area contributed by atoms with Crippen LogP contribution in [0.2, 0.25) is 0 Å². The summed E-state index contributed by atoms with van der Waals surface area (Å²) in [6.07, 6.45) is 1.46. The number of carbonyl (C=O) groups excluding carboxylic acids is 1. The van der Waals surface area contributed by atoms with Gasteiger partial charge in [-0.15, -0.1) is 0 Å². The van der Waals surface area contributed by atoms with Gasteiger partial charge in [-0.2, -0.15) is 0 Å². The first-order valence-corrected chi connectivity index (χ1v) is 12.5. The van der Waals surface area contributed by atoms with Gasteiger partial charge in [-0.05, 0) is 49.2 Å². The first-order chi connectivity index (χ1) is 17.1. The van der Waals surface area contributed by atoms with Gasteiger partial charge in [0.25, 0.3) is 5.91 Å². The molecule has 0 atom stereocenters. The number of piperidine rings is 1. The SMILES string of the molecule is O=C(c1cc(-c2ccc(Br)cc2)nc2ccccc12)N1CCC(n2c(=O)[nH]c3ccccc32)CC1. The molecule has 0 saturated carbocycles. The molecule has 35 heavy (non-hydrogen) atoms. The zero-order valence-electron chi connectivity index (χ0n) is 18.9. The number of para-hydroxylation sites is 3. The number of likely N-dealkylation sites (tertiary alicyclic amines) is 1. The summed E-state index contributed by atoms with van der Waals surface area (Å²) >= 11 is 3.48. The van der Waals surface area contributed by atoms with E-state index in [0.717, 1.165) is 50.5 Å². The Balaban J connectivity index is 1.30. The second-order valence-corrected chi connectivity index (χ2v) is 9.84. The first-order valence-electron chi connectivity index (χ1n) is 11.7. The third-order valence-electron chi connectivity index (χ3n) is 6.83. The molecule has 7 heteroatoms. The lowest BCUT2D eigenvalue weighted by Crippen LogP contribution is -2.40. The van der Waals surface area contributed by atoms with Crippen molar-refractivity contribution >= 4 is 43.8 Å². The van der Waals surface area contributed by atoms with Gasteiger partial charge in [0.1, 0.15) is 0 Å². The molecule has 3 aromatic carbocycles. The van der Waals surface area contributed by atoms with E-state index in [0.29, 0.717) is 18.7 Å². The molecule has 1 fully saturated rings. The molecular weight excluding hydrogens is 504 g/mol. The lowest BCUT2D eigenvalue weighted by molar-refractivity contribution is 0.0697. The number of hydrogen-bond donors (Lipinski definition) is 1. The van der Waals surface area contributed by atoms with Crippen LogP contribution in [0.1, 0.15) is 29.2 Å². The molecular formula is C28H23BrN4O2. The molecule has 6 rings (SSSR count). The minimum Gasteiger partial charge on any atom is -0.338 e. The highest BCUT2D eigenvalue weighted by Gasteiger charge is 2.28. The van der Waals surface area contributed by atoms with E-state index in [1.54, 1.807) is 0 Å². The van der Waals surface area contributed by atoms with Crippen molar-refractivity contribution in [1.29, 1.82) is 0 Å². The smallest absolute Gasteiger partial charge is 0.326 e. The molecule has 0 radical (unpaired) electrons. The Morgan fingerprint density at radius 3 is 2.46 bits per heavy atom. The van der Waals surface area contributed by atoms with Gasteiger partial charge in [0, 0.05) is 34.6 Å². The maximum Gasteiger partial charge on any atom is 0.326 e. The summed E-state index contributed by atoms with van der Waals surface area (Å²) in [4.78, 5) is 36.0. The average molecular weight is 527 g/mol. The second kappa shape index (κ2) is 8.82. The molecule has 0 spiro atoms. The van der Waals surface area contributed by atoms with E-state index in [4.69, 9.17) is 4.98 Å². The molecule has 0 bridgehead atoms. The van der Waals surface area contributed by atoms with E-state index in [-0.39, 0.29) is 17.6 Å². The van der Waals surface area contributed by atoms with E-state index < -0.39 is 0 Å². The van der Waals surface area contributed by atoms with Crippen LogP contribution in [0, 0.1) is 0 Å². The van der Waals surface area contributed by atoms with Crippen molar-refractivity contribution in [3.05, 3.63) is 99.4 Å². The number of amides is 1. The predicted octanol–water partition coefficient (Wildman–Crippen LogP) is 5.78. The molecule has 1 saturated heterocycles. The van der Waals surface area contributed by atoms with E-state index in [1.165, 1.54) is 0 Å². The number of rotatable bonds is 3. The fourth-order valence-electron chi connectivity index (χ4n) is 5.06. The molecule has 0 unspecified atom stereocenters. The van der Waals surface area contributed by atoms with Crippen LogP contribution in [0.25, 0.3) is 33.2 Å². The number of aromatic amines is 1. The monoisotopic (exact) mass is 526 g/mol. The number of pyridine rings is 1. The molecule has 1 aliphatic rings. The van der Waals surface area contributed by atoms with Crippen molar-refractivity contribution in [3.63, 3.8) is 0 Å². The molecule has 1 N–H and O–H groups in total. The highest BCUT2D eigenvalue weighted by molar-refractivity contribution is 9.10. The van der Waals surface area contributed by atoms with Gasteiger partial charge in [-0.25, -0.2) is 9.78 Å². The van der Waals surface area contributed by atoms with Crippen LogP contribution in [-0.4, -0.2) is 38.4 Å². The molecule has 2 aromatic heterocycles. The van der Waals surface area contributed by atoms with Crippen molar-refractivity contribution in [2.45, 2.75) is 18.9 Å². The number of halogens is 1. The van der Waals surface area contributed by atoms with Gasteiger partial charge in [0.15, 0.2) is 0 Å². The summed E-state index contributed by atoms with van der Waals surface area (Å²) in [5, 5.41) is 0.855. The van der Waals surface area contributed by atoms with Gasteiger partial charge in [-0.1, -0.05) is 58.4 Å². The Labute approximate surface area is 210 Å². The van der Waals surface area contributed by atoms with E-state index in [9.17, 15) is 9.59 Å². The molecule has 3 heterocycles. The number of nitrogens with zero attached hydrogens (tertiary/aromatic N) is 3. The Bertz CT molecular complexity index is 1610. The van der Waals surface area contributed by atoms with Crippen molar-refractivity contribution in [3.8, 4) is 11.3 Å². The maximum atomic E-state index is 13.7. The summed E-state index contributed by atoms with van der Waals surface area (Å²) < 4.78 is 2.85. The minimum absolute atomic E-state index is 0.00619. The Morgan fingerprint density at radius 2 is 1.66 bits per heavy atom. The summed E-state index contributed by atoms with van der Waals surface area (Å²) in [5.41, 5.74) is 4.88. The van der Waals surface area contributed by atoms with Gasteiger partial charge in [0.05, 0.1) is 27.8 Å². The summed E-state index contributed by atoms with van der Waals surface area (Å²) in [5.74, 6) is 0.00619. The maximum absolute atomic E-state index is 13.7. The van der Waals surface area contributed by atoms with Gasteiger partial charge >= 0.3 is 5.69 Å². The zero-order chi connectivity index (χ0) is 23.9. The third kappa shape index (κ3) is 3.96. The van der Waals surface area contributed by atoms with Crippen molar-refractivity contribution in [1.82, 2.24) is 19.4 Å². The van der Waals surface area contributed by atoms with Gasteiger partial charge < -0.3 is 9.88 Å². The van der Waals surface area contributed by atoms with Crippen molar-refractivity contribution < 1.29 is 4.79 Å². The summed E-state index contributed by atoms with van der Waals surface area (Å²) in [6, 6.07) is 25.5. The van der Waals surface area contributed by atoms with Crippen molar-refractivity contribution in [2.24, 2.45) is 0 Å². The molecule has 1 amide bonds. The Kier molecular flexibility index (Phi) is 5.49. The van der Waals surface area contributed by atoms with E-state index in [2.05, 4.69) is 20.9 Å². The molecule has 5 aromatic rings. The van der Waals surface area contributed by atoms with Crippen LogP contribution in [0.5, 0.6) is 0 Å². The number of carbonyl (C=O) groups is 1. The summed E-state index contributed by atoms with van der Waals surface area (Å²) in [7, 11) is 0. The number of aromatic nitrogens is 3. The number of H-pyrrole nitrogens is 1. The molecule has 174 valence electrons. The average Bonchev–Trinajstić information content (AvgIpc) is 3.24. The van der Waals surface area contributed by atoms with E-state index in [1.807, 2.05) is 88.3 Å². The minimum atomic E-state index is -0.0877. The van der Waals surface area contributed by atoms with Gasteiger partial charge in [-0.3, -0.25) is 9.36 Å². The van der Waals surface area contributed by atoms with E-state index >= 15 is 0 Å². The quantitative estimate of drug-likeness (QED) is 0.323. The second-order valence-electron chi connectivity index (χ2n) is 8.92. The highest BCUT2D eigenvalue weighted by atomic mass is 79.9. The van der Waals surface area contributed by atoms with Crippen LogP contribution >= 0.6 is 15.9 Å². The number of benzene rings is 3. The Hall–Kier alpha value is -3.71. The lowest BCUT2D eigenvalue weighted by Gasteiger charge is -2.33. The Morgan fingerprint density at radius 1 is 0.943 bits per heavy atom. The topological polar surface area (TPSA) is 71.0 Å². The molecule has 6 nitrogen and oxygen atoms in total. The number of imidazole rings is 1. The fourth-order valence-corrected chi connectivity index (χ4v) is 5.32. The molecule has 0 aliphatic carbocycles. The van der Waals surface area contributed by atoms with Crippen LogP contribution < -0.4 is 5.69 Å². The fraction of sp³-hybridized carbons (Fsp3) is 0.179. The molecule has 1 aliphatic heterocycles. The number of hydrogen-bond acceptors (Lipinski definition) is 3. The van der Waals surface area contributed by atoms with Crippen LogP contribution in [0.4, 0.5) is 0 Å². The number of nitrogens with one attached hydrogen (secondary N) is 1. The van der Waals surface area contributed by atoms with Crippen molar-refractivity contribution in [2.75, 3.05) is 13.1 Å². The number of fused-ring (bicyclic) bond motifs is 2. The lowest BCUT2D eigenvalue weighted by atomic mass is 10.0. The van der Waals surface area contributed by atoms with Crippen LogP contribution in [0.15, 0.2) is 88.1 Å². The standard InChI is InChI=1S/C28H23BrN4O2/c29-19-11-9-18(10-12-19)25-17-22(21-5-1-2-6-23(21)30-25)27(34)32-15-13-20(14-16-32)33-26-8-4-3-7-24(26)31-28(33)35/h1-12,17,20H,13-16H2,(H,31,35). The normalized spacial score (nSPS) is 14.6.